The van der Waals surface area contributed by atoms with Crippen molar-refractivity contribution >= 4 is 22.9 Å². The van der Waals surface area contributed by atoms with Gasteiger partial charge in [0, 0.05) is 5.75 Å². The van der Waals surface area contributed by atoms with Gasteiger partial charge in [0.2, 0.25) is 0 Å². The number of rotatable bonds is 2. The van der Waals surface area contributed by atoms with Crippen molar-refractivity contribution < 1.29 is 0 Å². The molecule has 1 aliphatic rings. The van der Waals surface area contributed by atoms with Crippen molar-refractivity contribution in [2.24, 2.45) is 16.5 Å². The number of hydrogen-bond donors (Lipinski definition) is 3. The Balaban J connectivity index is 1.99. The average Bonchev–Trinajstić information content (AvgIpc) is 2.35. The smallest absolute Gasteiger partial charge is 0.193 e. The van der Waals surface area contributed by atoms with E-state index in [1.165, 1.54) is 42.2 Å². The Bertz CT molecular complexity index is 466. The number of hydrogen-bond acceptors (Lipinski definition) is 2. The van der Waals surface area contributed by atoms with Gasteiger partial charge in [0.05, 0.1) is 0 Å². The number of thioether (sulfide) groups is 1. The van der Waals surface area contributed by atoms with Gasteiger partial charge in [-0.25, -0.2) is 0 Å². The van der Waals surface area contributed by atoms with E-state index in [1.807, 2.05) is 0 Å². The number of fused-ring (bicyclic) bond motifs is 1. The summed E-state index contributed by atoms with van der Waals surface area (Å²) in [4.78, 5) is 3.74. The van der Waals surface area contributed by atoms with E-state index in [0.29, 0.717) is 5.92 Å². The number of benzene rings is 1. The summed E-state index contributed by atoms with van der Waals surface area (Å²) in [5.74, 6) is 1.33. The minimum atomic E-state index is -0.0449. The van der Waals surface area contributed by atoms with Crippen molar-refractivity contribution in [3.8, 4) is 0 Å². The van der Waals surface area contributed by atoms with Gasteiger partial charge in [0.1, 0.15) is 0 Å². The van der Waals surface area contributed by atoms with Gasteiger partial charge in [0.25, 0.3) is 0 Å². The lowest BCUT2D eigenvalue weighted by Crippen LogP contribution is -2.23. The van der Waals surface area contributed by atoms with Crippen molar-refractivity contribution in [1.29, 1.82) is 5.41 Å². The Labute approximate surface area is 111 Å². The predicted octanol–water partition coefficient (Wildman–Crippen LogP) is 2.05. The Morgan fingerprint density at radius 3 is 2.94 bits per heavy atom. The van der Waals surface area contributed by atoms with Crippen molar-refractivity contribution in [3.05, 3.63) is 35.4 Å². The molecular formula is C13H18N4S. The molecule has 1 atom stereocenters. The van der Waals surface area contributed by atoms with Crippen LogP contribution < -0.4 is 11.5 Å². The summed E-state index contributed by atoms with van der Waals surface area (Å²) in [6.07, 6.45) is 3.57. The highest BCUT2D eigenvalue weighted by molar-refractivity contribution is 8.13. The third-order valence-electron chi connectivity index (χ3n) is 3.15. The molecule has 1 aromatic rings. The van der Waals surface area contributed by atoms with Crippen LogP contribution in [0.25, 0.3) is 0 Å². The first-order valence-electron chi connectivity index (χ1n) is 6.05. The molecule has 0 amide bonds. The molecule has 0 aliphatic heterocycles. The quantitative estimate of drug-likeness (QED) is 0.563. The third-order valence-corrected chi connectivity index (χ3v) is 4.08. The molecule has 5 heteroatoms. The highest BCUT2D eigenvalue weighted by atomic mass is 32.2. The Kier molecular flexibility index (Phi) is 4.25. The molecule has 96 valence electrons. The number of guanidine groups is 1. The molecule has 0 radical (unpaired) electrons. The van der Waals surface area contributed by atoms with Gasteiger partial charge in [-0.05, 0) is 36.3 Å². The van der Waals surface area contributed by atoms with Crippen molar-refractivity contribution in [2.45, 2.75) is 25.2 Å². The van der Waals surface area contributed by atoms with Crippen LogP contribution in [0.4, 0.5) is 0 Å². The maximum absolute atomic E-state index is 7.64. The number of aliphatic imine (C=N–C) groups is 1. The lowest BCUT2D eigenvalue weighted by Gasteiger charge is -2.24. The molecule has 1 unspecified atom stereocenters. The minimum absolute atomic E-state index is 0.0449. The van der Waals surface area contributed by atoms with Gasteiger partial charge < -0.3 is 11.5 Å². The van der Waals surface area contributed by atoms with E-state index in [4.69, 9.17) is 16.9 Å². The fourth-order valence-electron chi connectivity index (χ4n) is 2.36. The second kappa shape index (κ2) is 5.91. The molecular weight excluding hydrogens is 244 g/mol. The number of nitrogens with one attached hydrogen (secondary N) is 1. The largest absolute Gasteiger partial charge is 0.370 e. The summed E-state index contributed by atoms with van der Waals surface area (Å²) >= 11 is 1.41. The van der Waals surface area contributed by atoms with Gasteiger partial charge in [-0.1, -0.05) is 36.0 Å². The van der Waals surface area contributed by atoms with Gasteiger partial charge in [-0.15, -0.1) is 0 Å². The molecule has 0 spiro atoms. The van der Waals surface area contributed by atoms with Crippen LogP contribution in [0.1, 0.15) is 29.9 Å². The van der Waals surface area contributed by atoms with E-state index in [-0.39, 0.29) is 11.1 Å². The first-order chi connectivity index (χ1) is 8.66. The summed E-state index contributed by atoms with van der Waals surface area (Å²) < 4.78 is 0. The van der Waals surface area contributed by atoms with E-state index < -0.39 is 0 Å². The molecule has 5 N–H and O–H groups in total. The maximum Gasteiger partial charge on any atom is 0.193 e. The van der Waals surface area contributed by atoms with Gasteiger partial charge >= 0.3 is 0 Å². The Hall–Kier alpha value is -1.49. The van der Waals surface area contributed by atoms with Gasteiger partial charge in [-0.3, -0.25) is 5.41 Å². The molecule has 0 aromatic heterocycles. The van der Waals surface area contributed by atoms with Crippen molar-refractivity contribution in [3.63, 3.8) is 0 Å². The first-order valence-corrected chi connectivity index (χ1v) is 7.04. The Morgan fingerprint density at radius 2 is 2.17 bits per heavy atom. The molecule has 18 heavy (non-hydrogen) atoms. The van der Waals surface area contributed by atoms with Crippen LogP contribution in [0.15, 0.2) is 29.3 Å². The molecule has 2 rings (SSSR count). The molecule has 0 saturated heterocycles. The van der Waals surface area contributed by atoms with Crippen molar-refractivity contribution in [1.82, 2.24) is 0 Å². The Morgan fingerprint density at radius 1 is 1.39 bits per heavy atom. The molecule has 1 aliphatic carbocycles. The number of nitrogens with zero attached hydrogens (tertiary/aromatic N) is 1. The van der Waals surface area contributed by atoms with Crippen molar-refractivity contribution in [2.75, 3.05) is 5.75 Å². The van der Waals surface area contributed by atoms with E-state index in [1.54, 1.807) is 0 Å². The number of nitrogens with two attached hydrogens (primary N) is 2. The van der Waals surface area contributed by atoms with E-state index in [0.717, 1.165) is 5.75 Å². The van der Waals surface area contributed by atoms with E-state index >= 15 is 0 Å². The lowest BCUT2D eigenvalue weighted by molar-refractivity contribution is 0.597. The van der Waals surface area contributed by atoms with Crippen LogP contribution in [-0.2, 0) is 6.42 Å². The zero-order valence-corrected chi connectivity index (χ0v) is 11.0. The normalized spacial score (nSPS) is 17.9. The van der Waals surface area contributed by atoms with E-state index in [9.17, 15) is 0 Å². The summed E-state index contributed by atoms with van der Waals surface area (Å²) in [7, 11) is 0. The fraction of sp³-hybridized carbons (Fsp3) is 0.385. The third kappa shape index (κ3) is 3.26. The summed E-state index contributed by atoms with van der Waals surface area (Å²) in [6, 6.07) is 8.58. The van der Waals surface area contributed by atoms with E-state index in [2.05, 4.69) is 29.3 Å². The van der Waals surface area contributed by atoms with Gasteiger partial charge in [-0.2, -0.15) is 4.99 Å². The monoisotopic (exact) mass is 262 g/mol. The SMILES string of the molecule is N=C(N=C(N)N)SCC1CCCc2ccccc21. The summed E-state index contributed by atoms with van der Waals surface area (Å²) in [5.41, 5.74) is 13.4. The highest BCUT2D eigenvalue weighted by Gasteiger charge is 2.20. The molecule has 0 heterocycles. The maximum atomic E-state index is 7.64. The molecule has 1 aromatic carbocycles. The zero-order valence-electron chi connectivity index (χ0n) is 10.2. The molecule has 0 saturated carbocycles. The fourth-order valence-corrected chi connectivity index (χ4v) is 3.23. The van der Waals surface area contributed by atoms with Gasteiger partial charge in [0.15, 0.2) is 11.1 Å². The topological polar surface area (TPSA) is 88.2 Å². The first kappa shape index (κ1) is 13.0. The number of amidine groups is 1. The van der Waals surface area contributed by atoms with Crippen LogP contribution in [0.2, 0.25) is 0 Å². The van der Waals surface area contributed by atoms with Crippen LogP contribution in [0.5, 0.6) is 0 Å². The van der Waals surface area contributed by atoms with Crippen LogP contribution >= 0.6 is 11.8 Å². The zero-order chi connectivity index (χ0) is 13.0. The standard InChI is InChI=1S/C13H18N4S/c14-12(15)17-13(16)18-8-10-6-3-5-9-4-1-2-7-11(9)10/h1-2,4,7,10H,3,5-6,8H2,(H5,14,15,16,17). The molecule has 0 fully saturated rings. The summed E-state index contributed by atoms with van der Waals surface area (Å²) in [6.45, 7) is 0. The number of aryl methyl sites for hydroxylation is 1. The summed E-state index contributed by atoms with van der Waals surface area (Å²) in [5, 5.41) is 7.83. The molecule has 4 nitrogen and oxygen atoms in total. The minimum Gasteiger partial charge on any atom is -0.370 e. The lowest BCUT2D eigenvalue weighted by atomic mass is 9.84. The highest BCUT2D eigenvalue weighted by Crippen LogP contribution is 2.33. The van der Waals surface area contributed by atoms with Crippen LogP contribution in [-0.4, -0.2) is 16.9 Å². The van der Waals surface area contributed by atoms with Crippen LogP contribution in [0, 0.1) is 5.41 Å². The van der Waals surface area contributed by atoms with Crippen LogP contribution in [0.3, 0.4) is 0 Å². The average molecular weight is 262 g/mol. The molecule has 0 bridgehead atoms. The predicted molar refractivity (Wildman–Crippen MR) is 78.1 cm³/mol. The second-order valence-corrected chi connectivity index (χ2v) is 5.45. The second-order valence-electron chi connectivity index (χ2n) is 4.44.